The minimum absolute atomic E-state index is 0.0756. The van der Waals surface area contributed by atoms with Gasteiger partial charge in [-0.2, -0.15) is 0 Å². The maximum Gasteiger partial charge on any atom is 0.256 e. The number of aromatic nitrogens is 2. The van der Waals surface area contributed by atoms with E-state index in [1.54, 1.807) is 17.3 Å². The second kappa shape index (κ2) is 7.42. The van der Waals surface area contributed by atoms with Crippen LogP contribution in [0.25, 0.3) is 0 Å². The molecule has 2 fully saturated rings. The van der Waals surface area contributed by atoms with Crippen molar-refractivity contribution in [2.45, 2.75) is 25.6 Å². The van der Waals surface area contributed by atoms with Crippen LogP contribution in [-0.4, -0.2) is 52.9 Å². The van der Waals surface area contributed by atoms with E-state index in [4.69, 9.17) is 21.1 Å². The van der Waals surface area contributed by atoms with E-state index in [9.17, 15) is 4.79 Å². The van der Waals surface area contributed by atoms with Crippen molar-refractivity contribution in [2.24, 2.45) is 0 Å². The first kappa shape index (κ1) is 18.2. The monoisotopic (exact) mass is 388 g/mol. The van der Waals surface area contributed by atoms with Crippen molar-refractivity contribution in [2.75, 3.05) is 31.6 Å². The number of anilines is 2. The summed E-state index contributed by atoms with van der Waals surface area (Å²) in [7, 11) is 0. The predicted molar refractivity (Wildman–Crippen MR) is 101 cm³/mol. The Bertz CT molecular complexity index is 827. The molecule has 2 saturated heterocycles. The predicted octanol–water partition coefficient (Wildman–Crippen LogP) is 3.16. The lowest BCUT2D eigenvalue weighted by molar-refractivity contribution is -0.181. The Morgan fingerprint density at radius 3 is 2.52 bits per heavy atom. The molecule has 1 amide bonds. The third-order valence-electron chi connectivity index (χ3n) is 4.97. The molecule has 1 spiro atoms. The van der Waals surface area contributed by atoms with Gasteiger partial charge < -0.3 is 19.7 Å². The van der Waals surface area contributed by atoms with Gasteiger partial charge in [0, 0.05) is 49.0 Å². The Morgan fingerprint density at radius 1 is 1.19 bits per heavy atom. The van der Waals surface area contributed by atoms with Gasteiger partial charge in [0.1, 0.15) is 0 Å². The number of hydrogen-bond donors (Lipinski definition) is 1. The molecule has 2 aliphatic rings. The molecule has 2 aromatic rings. The smallest absolute Gasteiger partial charge is 0.256 e. The van der Waals surface area contributed by atoms with E-state index in [0.29, 0.717) is 55.7 Å². The first-order chi connectivity index (χ1) is 13.0. The van der Waals surface area contributed by atoms with Crippen LogP contribution < -0.4 is 5.32 Å². The Balaban J connectivity index is 1.40. The fraction of sp³-hybridized carbons (Fsp3) is 0.421. The normalized spacial score (nSPS) is 18.7. The van der Waals surface area contributed by atoms with Crippen LogP contribution in [0, 0.1) is 6.92 Å². The van der Waals surface area contributed by atoms with Gasteiger partial charge in [-0.25, -0.2) is 9.97 Å². The summed E-state index contributed by atoms with van der Waals surface area (Å²) in [6, 6.07) is 5.56. The van der Waals surface area contributed by atoms with Crippen molar-refractivity contribution in [3.05, 3.63) is 46.7 Å². The number of carbonyl (C=O) groups is 1. The van der Waals surface area contributed by atoms with Gasteiger partial charge in [0.25, 0.3) is 5.91 Å². The average Bonchev–Trinajstić information content (AvgIpc) is 3.13. The number of rotatable bonds is 3. The van der Waals surface area contributed by atoms with Gasteiger partial charge in [0.2, 0.25) is 5.95 Å². The van der Waals surface area contributed by atoms with Crippen molar-refractivity contribution >= 4 is 29.1 Å². The number of halogens is 1. The number of piperidine rings is 1. The van der Waals surface area contributed by atoms with Crippen LogP contribution in [0.3, 0.4) is 0 Å². The van der Waals surface area contributed by atoms with E-state index in [-0.39, 0.29) is 5.91 Å². The Morgan fingerprint density at radius 2 is 1.85 bits per heavy atom. The lowest BCUT2D eigenvalue weighted by atomic mass is 10.0. The summed E-state index contributed by atoms with van der Waals surface area (Å²) in [6.45, 7) is 4.42. The summed E-state index contributed by atoms with van der Waals surface area (Å²) in [5.74, 6) is -0.147. The largest absolute Gasteiger partial charge is 0.347 e. The van der Waals surface area contributed by atoms with Gasteiger partial charge in [0.05, 0.1) is 18.8 Å². The van der Waals surface area contributed by atoms with Crippen molar-refractivity contribution < 1.29 is 14.3 Å². The number of benzene rings is 1. The van der Waals surface area contributed by atoms with E-state index in [2.05, 4.69) is 15.3 Å². The first-order valence-corrected chi connectivity index (χ1v) is 9.35. The van der Waals surface area contributed by atoms with Gasteiger partial charge in [0.15, 0.2) is 5.79 Å². The number of carbonyl (C=O) groups excluding carboxylic acids is 1. The zero-order chi connectivity index (χ0) is 18.9. The van der Waals surface area contributed by atoms with E-state index >= 15 is 0 Å². The van der Waals surface area contributed by atoms with Crippen LogP contribution in [0.4, 0.5) is 11.6 Å². The van der Waals surface area contributed by atoms with Gasteiger partial charge in [-0.15, -0.1) is 0 Å². The molecule has 0 unspecified atom stereocenters. The molecule has 1 aromatic carbocycles. The van der Waals surface area contributed by atoms with Crippen molar-refractivity contribution in [1.82, 2.24) is 14.9 Å². The maximum atomic E-state index is 12.7. The molecule has 142 valence electrons. The molecule has 7 nitrogen and oxygen atoms in total. The molecule has 0 saturated carbocycles. The summed E-state index contributed by atoms with van der Waals surface area (Å²) >= 11 is 6.03. The van der Waals surface area contributed by atoms with Gasteiger partial charge in [-0.1, -0.05) is 17.7 Å². The Hall–Kier alpha value is -2.22. The fourth-order valence-electron chi connectivity index (χ4n) is 3.37. The van der Waals surface area contributed by atoms with E-state index in [1.165, 1.54) is 0 Å². The molecule has 0 bridgehead atoms. The van der Waals surface area contributed by atoms with Gasteiger partial charge in [-0.3, -0.25) is 4.79 Å². The van der Waals surface area contributed by atoms with Crippen LogP contribution in [0.5, 0.6) is 0 Å². The minimum atomic E-state index is -0.490. The zero-order valence-corrected chi connectivity index (χ0v) is 15.8. The van der Waals surface area contributed by atoms with Crippen LogP contribution in [-0.2, 0) is 9.47 Å². The van der Waals surface area contributed by atoms with Crippen LogP contribution in [0.1, 0.15) is 28.8 Å². The molecular weight excluding hydrogens is 368 g/mol. The fourth-order valence-corrected chi connectivity index (χ4v) is 3.54. The lowest BCUT2D eigenvalue weighted by Crippen LogP contribution is -2.47. The highest BCUT2D eigenvalue weighted by Gasteiger charge is 2.40. The lowest BCUT2D eigenvalue weighted by Gasteiger charge is -2.37. The number of hydrogen-bond acceptors (Lipinski definition) is 6. The average molecular weight is 389 g/mol. The highest BCUT2D eigenvalue weighted by Crippen LogP contribution is 2.31. The summed E-state index contributed by atoms with van der Waals surface area (Å²) in [5, 5.41) is 3.76. The summed E-state index contributed by atoms with van der Waals surface area (Å²) in [5.41, 5.74) is 2.33. The first-order valence-electron chi connectivity index (χ1n) is 8.97. The molecule has 3 heterocycles. The van der Waals surface area contributed by atoms with Crippen LogP contribution in [0.15, 0.2) is 30.6 Å². The molecule has 1 aromatic heterocycles. The van der Waals surface area contributed by atoms with E-state index in [0.717, 1.165) is 11.3 Å². The molecule has 0 atom stereocenters. The maximum absolute atomic E-state index is 12.7. The second-order valence-electron chi connectivity index (χ2n) is 6.78. The Kier molecular flexibility index (Phi) is 4.99. The SMILES string of the molecule is Cc1ccc(Cl)cc1Nc1ncc(C(=O)N2CCC3(CC2)OCCO3)cn1. The van der Waals surface area contributed by atoms with Crippen LogP contribution in [0.2, 0.25) is 5.02 Å². The molecular formula is C19H21ClN4O3. The van der Waals surface area contributed by atoms with Crippen LogP contribution >= 0.6 is 11.6 Å². The Labute approximate surface area is 162 Å². The third kappa shape index (κ3) is 3.90. The summed E-state index contributed by atoms with van der Waals surface area (Å²) in [6.07, 6.45) is 4.47. The number of likely N-dealkylation sites (tertiary alicyclic amines) is 1. The van der Waals surface area contributed by atoms with Crippen molar-refractivity contribution in [3.63, 3.8) is 0 Å². The summed E-state index contributed by atoms with van der Waals surface area (Å²) in [4.78, 5) is 23.0. The standard InChI is InChI=1S/C19H21ClN4O3/c1-13-2-3-15(20)10-16(13)23-18-21-11-14(12-22-18)17(25)24-6-4-19(5-7-24)26-8-9-27-19/h2-3,10-12H,4-9H2,1H3,(H,21,22,23). The molecule has 4 rings (SSSR count). The number of ether oxygens (including phenoxy) is 2. The molecule has 2 aliphatic heterocycles. The number of amides is 1. The quantitative estimate of drug-likeness (QED) is 0.870. The molecule has 0 radical (unpaired) electrons. The van der Waals surface area contributed by atoms with Gasteiger partial charge >= 0.3 is 0 Å². The number of nitrogens with zero attached hydrogens (tertiary/aromatic N) is 3. The topological polar surface area (TPSA) is 76.6 Å². The number of nitrogens with one attached hydrogen (secondary N) is 1. The zero-order valence-electron chi connectivity index (χ0n) is 15.1. The van der Waals surface area contributed by atoms with E-state index in [1.807, 2.05) is 25.1 Å². The molecule has 0 aliphatic carbocycles. The molecule has 1 N–H and O–H groups in total. The molecule has 27 heavy (non-hydrogen) atoms. The highest BCUT2D eigenvalue weighted by atomic mass is 35.5. The highest BCUT2D eigenvalue weighted by molar-refractivity contribution is 6.30. The van der Waals surface area contributed by atoms with Crippen molar-refractivity contribution in [1.29, 1.82) is 0 Å². The van der Waals surface area contributed by atoms with Gasteiger partial charge in [-0.05, 0) is 24.6 Å². The third-order valence-corrected chi connectivity index (χ3v) is 5.21. The van der Waals surface area contributed by atoms with Crippen molar-refractivity contribution in [3.8, 4) is 0 Å². The minimum Gasteiger partial charge on any atom is -0.347 e. The molecule has 8 heteroatoms. The summed E-state index contributed by atoms with van der Waals surface area (Å²) < 4.78 is 11.4. The number of aryl methyl sites for hydroxylation is 1. The van der Waals surface area contributed by atoms with E-state index < -0.39 is 5.79 Å². The second-order valence-corrected chi connectivity index (χ2v) is 7.22.